The van der Waals surface area contributed by atoms with Crippen LogP contribution in [0.3, 0.4) is 0 Å². The zero-order chi connectivity index (χ0) is 14.2. The summed E-state index contributed by atoms with van der Waals surface area (Å²) < 4.78 is 28.0. The molecule has 0 amide bonds. The van der Waals surface area contributed by atoms with Gasteiger partial charge < -0.3 is 5.11 Å². The Morgan fingerprint density at radius 1 is 1.05 bits per heavy atom. The maximum absolute atomic E-state index is 13.8. The fourth-order valence-corrected chi connectivity index (χ4v) is 2.50. The first kappa shape index (κ1) is 14.2. The summed E-state index contributed by atoms with van der Waals surface area (Å²) >= 11 is 3.01. The van der Waals surface area contributed by atoms with E-state index in [9.17, 15) is 13.9 Å². The van der Waals surface area contributed by atoms with Crippen molar-refractivity contribution in [1.82, 2.24) is 0 Å². The van der Waals surface area contributed by atoms with E-state index in [4.69, 9.17) is 0 Å². The molecule has 0 aromatic heterocycles. The Morgan fingerprint density at radius 3 is 2.16 bits per heavy atom. The molecule has 0 fully saturated rings. The maximum atomic E-state index is 13.8. The van der Waals surface area contributed by atoms with Gasteiger partial charge in [-0.15, -0.1) is 0 Å². The molecule has 1 atom stereocenters. The summed E-state index contributed by atoms with van der Waals surface area (Å²) in [7, 11) is 0. The predicted molar refractivity (Wildman–Crippen MR) is 74.0 cm³/mol. The van der Waals surface area contributed by atoms with Gasteiger partial charge in [0.15, 0.2) is 0 Å². The van der Waals surface area contributed by atoms with Crippen LogP contribution in [0.1, 0.15) is 28.4 Å². The van der Waals surface area contributed by atoms with Gasteiger partial charge in [0, 0.05) is 4.47 Å². The number of hydrogen-bond acceptors (Lipinski definition) is 1. The van der Waals surface area contributed by atoms with E-state index in [0.29, 0.717) is 10.0 Å². The molecule has 100 valence electrons. The highest BCUT2D eigenvalue weighted by Gasteiger charge is 2.21. The van der Waals surface area contributed by atoms with Crippen LogP contribution < -0.4 is 0 Å². The third kappa shape index (κ3) is 2.85. The second-order valence-electron chi connectivity index (χ2n) is 4.55. The van der Waals surface area contributed by atoms with Crippen LogP contribution in [0.25, 0.3) is 0 Å². The molecule has 4 heteroatoms. The quantitative estimate of drug-likeness (QED) is 0.865. The molecule has 2 aromatic rings. The van der Waals surface area contributed by atoms with Crippen molar-refractivity contribution in [3.05, 3.63) is 68.7 Å². The van der Waals surface area contributed by atoms with E-state index in [1.54, 1.807) is 19.1 Å². The van der Waals surface area contributed by atoms with Crippen LogP contribution in [0.5, 0.6) is 0 Å². The summed E-state index contributed by atoms with van der Waals surface area (Å²) in [5, 5.41) is 10.2. The van der Waals surface area contributed by atoms with E-state index in [-0.39, 0.29) is 5.56 Å². The van der Waals surface area contributed by atoms with Gasteiger partial charge in [-0.05, 0) is 37.1 Å². The van der Waals surface area contributed by atoms with Crippen molar-refractivity contribution in [1.29, 1.82) is 0 Å². The summed E-state index contributed by atoms with van der Waals surface area (Å²) in [4.78, 5) is 0. The largest absolute Gasteiger partial charge is 0.383 e. The Balaban J connectivity index is 2.53. The van der Waals surface area contributed by atoms with E-state index in [2.05, 4.69) is 15.9 Å². The van der Waals surface area contributed by atoms with Crippen LogP contribution in [0.4, 0.5) is 8.78 Å². The molecule has 0 bridgehead atoms. The molecule has 1 N–H and O–H groups in total. The summed E-state index contributed by atoms with van der Waals surface area (Å²) in [5.74, 6) is -1.53. The molecule has 2 aromatic carbocycles. The predicted octanol–water partition coefficient (Wildman–Crippen LogP) is 4.43. The number of aliphatic hydroxyl groups is 1. The van der Waals surface area contributed by atoms with Crippen LogP contribution in [0.2, 0.25) is 0 Å². The minimum absolute atomic E-state index is 0.305. The van der Waals surface area contributed by atoms with Crippen molar-refractivity contribution in [2.24, 2.45) is 0 Å². The lowest BCUT2D eigenvalue weighted by atomic mass is 9.95. The highest BCUT2D eigenvalue weighted by atomic mass is 79.9. The van der Waals surface area contributed by atoms with Crippen LogP contribution >= 0.6 is 15.9 Å². The molecular weight excluding hydrogens is 314 g/mol. The summed E-state index contributed by atoms with van der Waals surface area (Å²) in [6.07, 6.45) is -1.31. The van der Waals surface area contributed by atoms with Crippen LogP contribution in [-0.4, -0.2) is 5.11 Å². The molecule has 0 spiro atoms. The van der Waals surface area contributed by atoms with Gasteiger partial charge in [0.25, 0.3) is 0 Å². The number of aryl methyl sites for hydroxylation is 2. The zero-order valence-electron chi connectivity index (χ0n) is 10.5. The molecule has 0 aliphatic heterocycles. The average Bonchev–Trinajstić information content (AvgIpc) is 2.26. The Bertz CT molecular complexity index is 603. The molecule has 0 radical (unpaired) electrons. The van der Waals surface area contributed by atoms with E-state index in [0.717, 1.165) is 23.3 Å². The van der Waals surface area contributed by atoms with Crippen LogP contribution in [0, 0.1) is 25.5 Å². The first-order valence-corrected chi connectivity index (χ1v) is 6.59. The summed E-state index contributed by atoms with van der Waals surface area (Å²) in [5.41, 5.74) is 2.01. The molecule has 1 nitrogen and oxygen atoms in total. The fourth-order valence-electron chi connectivity index (χ4n) is 2.10. The Kier molecular flexibility index (Phi) is 4.02. The number of rotatable bonds is 2. The molecule has 0 heterocycles. The second kappa shape index (κ2) is 5.39. The van der Waals surface area contributed by atoms with Gasteiger partial charge in [-0.25, -0.2) is 8.78 Å². The second-order valence-corrected chi connectivity index (χ2v) is 5.46. The van der Waals surface area contributed by atoms with Crippen LogP contribution in [-0.2, 0) is 0 Å². The van der Waals surface area contributed by atoms with Crippen molar-refractivity contribution < 1.29 is 13.9 Å². The standard InChI is InChI=1S/C15H13BrF2O/c1-8-3-4-11(9(2)5-8)15(19)14-12(17)6-10(16)7-13(14)18/h3-7,15,19H,1-2H3. The van der Waals surface area contributed by atoms with Crippen molar-refractivity contribution in [2.75, 3.05) is 0 Å². The first-order valence-electron chi connectivity index (χ1n) is 5.80. The van der Waals surface area contributed by atoms with E-state index >= 15 is 0 Å². The number of aliphatic hydroxyl groups excluding tert-OH is 1. The van der Waals surface area contributed by atoms with Crippen molar-refractivity contribution >= 4 is 15.9 Å². The monoisotopic (exact) mass is 326 g/mol. The normalized spacial score (nSPS) is 12.5. The summed E-state index contributed by atoms with van der Waals surface area (Å²) in [6, 6.07) is 7.65. The van der Waals surface area contributed by atoms with Gasteiger partial charge in [-0.2, -0.15) is 0 Å². The molecule has 1 unspecified atom stereocenters. The van der Waals surface area contributed by atoms with Crippen LogP contribution in [0.15, 0.2) is 34.8 Å². The third-order valence-electron chi connectivity index (χ3n) is 3.04. The minimum atomic E-state index is -1.31. The third-order valence-corrected chi connectivity index (χ3v) is 3.49. The van der Waals surface area contributed by atoms with Gasteiger partial charge in [-0.3, -0.25) is 0 Å². The van der Waals surface area contributed by atoms with Gasteiger partial charge in [-0.1, -0.05) is 39.7 Å². The van der Waals surface area contributed by atoms with E-state index < -0.39 is 17.7 Å². The maximum Gasteiger partial charge on any atom is 0.133 e. The fraction of sp³-hybridized carbons (Fsp3) is 0.200. The SMILES string of the molecule is Cc1ccc(C(O)c2c(F)cc(Br)cc2F)c(C)c1. The molecule has 0 aliphatic carbocycles. The van der Waals surface area contributed by atoms with E-state index in [1.165, 1.54) is 0 Å². The van der Waals surface area contributed by atoms with Gasteiger partial charge >= 0.3 is 0 Å². The number of halogens is 3. The molecule has 2 rings (SSSR count). The molecule has 0 aliphatic rings. The first-order chi connectivity index (χ1) is 8.90. The van der Waals surface area contributed by atoms with Crippen molar-refractivity contribution in [3.63, 3.8) is 0 Å². The number of hydrogen-bond donors (Lipinski definition) is 1. The molecule has 0 saturated heterocycles. The smallest absolute Gasteiger partial charge is 0.133 e. The van der Waals surface area contributed by atoms with Crippen molar-refractivity contribution in [2.45, 2.75) is 20.0 Å². The van der Waals surface area contributed by atoms with Crippen molar-refractivity contribution in [3.8, 4) is 0 Å². The molecule has 19 heavy (non-hydrogen) atoms. The highest BCUT2D eigenvalue weighted by molar-refractivity contribution is 9.10. The van der Waals surface area contributed by atoms with Gasteiger partial charge in [0.1, 0.15) is 17.7 Å². The van der Waals surface area contributed by atoms with Gasteiger partial charge in [0.05, 0.1) is 5.56 Å². The number of benzene rings is 2. The zero-order valence-corrected chi connectivity index (χ0v) is 12.1. The lowest BCUT2D eigenvalue weighted by Crippen LogP contribution is -2.07. The molecular formula is C15H13BrF2O. The summed E-state index contributed by atoms with van der Waals surface area (Å²) in [6.45, 7) is 3.73. The van der Waals surface area contributed by atoms with Gasteiger partial charge in [0.2, 0.25) is 0 Å². The average molecular weight is 327 g/mol. The lowest BCUT2D eigenvalue weighted by Gasteiger charge is -2.16. The van der Waals surface area contributed by atoms with E-state index in [1.807, 2.05) is 13.0 Å². The lowest BCUT2D eigenvalue weighted by molar-refractivity contribution is 0.208. The Hall–Kier alpha value is -1.26. The topological polar surface area (TPSA) is 20.2 Å². The molecule has 0 saturated carbocycles. The Labute approximate surface area is 119 Å². The Morgan fingerprint density at radius 2 is 1.63 bits per heavy atom. The minimum Gasteiger partial charge on any atom is -0.383 e. The highest BCUT2D eigenvalue weighted by Crippen LogP contribution is 2.31.